The van der Waals surface area contributed by atoms with Gasteiger partial charge in [0.2, 0.25) is 11.8 Å². The SMILES string of the molecule is COc1ccccc1CNCc1nnc(-c2ccccc2Cl)o1. The van der Waals surface area contributed by atoms with Gasteiger partial charge in [0.1, 0.15) is 5.75 Å². The van der Waals surface area contributed by atoms with E-state index in [2.05, 4.69) is 15.5 Å². The van der Waals surface area contributed by atoms with Crippen LogP contribution >= 0.6 is 11.6 Å². The predicted octanol–water partition coefficient (Wildman–Crippen LogP) is 3.69. The number of benzene rings is 2. The lowest BCUT2D eigenvalue weighted by atomic mass is 10.2. The predicted molar refractivity (Wildman–Crippen MR) is 88.3 cm³/mol. The quantitative estimate of drug-likeness (QED) is 0.747. The third-order valence-electron chi connectivity index (χ3n) is 3.36. The highest BCUT2D eigenvalue weighted by Crippen LogP contribution is 2.26. The Balaban J connectivity index is 1.63. The van der Waals surface area contributed by atoms with E-state index in [4.69, 9.17) is 20.8 Å². The van der Waals surface area contributed by atoms with E-state index in [1.165, 1.54) is 0 Å². The number of methoxy groups -OCH3 is 1. The van der Waals surface area contributed by atoms with Crippen LogP contribution in [-0.2, 0) is 13.1 Å². The molecular weight excluding hydrogens is 314 g/mol. The van der Waals surface area contributed by atoms with E-state index >= 15 is 0 Å². The van der Waals surface area contributed by atoms with Crippen LogP contribution < -0.4 is 10.1 Å². The van der Waals surface area contributed by atoms with Crippen molar-refractivity contribution in [3.8, 4) is 17.2 Å². The number of nitrogens with one attached hydrogen (secondary N) is 1. The molecule has 6 heteroatoms. The number of halogens is 1. The molecule has 23 heavy (non-hydrogen) atoms. The summed E-state index contributed by atoms with van der Waals surface area (Å²) in [5.74, 6) is 1.78. The highest BCUT2D eigenvalue weighted by atomic mass is 35.5. The van der Waals surface area contributed by atoms with Gasteiger partial charge in [0.15, 0.2) is 0 Å². The summed E-state index contributed by atoms with van der Waals surface area (Å²) in [5, 5.41) is 11.9. The molecule has 0 spiro atoms. The molecule has 5 nitrogen and oxygen atoms in total. The fraction of sp³-hybridized carbons (Fsp3) is 0.176. The Kier molecular flexibility index (Phi) is 4.90. The van der Waals surface area contributed by atoms with Crippen molar-refractivity contribution in [2.24, 2.45) is 0 Å². The second-order valence-corrected chi connectivity index (χ2v) is 5.30. The zero-order valence-corrected chi connectivity index (χ0v) is 13.4. The van der Waals surface area contributed by atoms with E-state index in [0.717, 1.165) is 16.9 Å². The highest BCUT2D eigenvalue weighted by molar-refractivity contribution is 6.33. The number of nitrogens with zero attached hydrogens (tertiary/aromatic N) is 2. The average Bonchev–Trinajstić information content (AvgIpc) is 3.04. The molecule has 2 aromatic carbocycles. The molecule has 3 rings (SSSR count). The molecular formula is C17H16ClN3O2. The fourth-order valence-electron chi connectivity index (χ4n) is 2.22. The number of hydrogen-bond donors (Lipinski definition) is 1. The van der Waals surface area contributed by atoms with Crippen LogP contribution in [0.15, 0.2) is 52.9 Å². The lowest BCUT2D eigenvalue weighted by Gasteiger charge is -2.07. The molecule has 0 unspecified atom stereocenters. The summed E-state index contributed by atoms with van der Waals surface area (Å²) in [4.78, 5) is 0. The second-order valence-electron chi connectivity index (χ2n) is 4.90. The van der Waals surface area contributed by atoms with Crippen LogP contribution in [0.1, 0.15) is 11.5 Å². The Labute approximate surface area is 139 Å². The van der Waals surface area contributed by atoms with Crippen molar-refractivity contribution in [2.45, 2.75) is 13.1 Å². The first-order chi connectivity index (χ1) is 11.3. The summed E-state index contributed by atoms with van der Waals surface area (Å²) in [6.45, 7) is 1.11. The number of aromatic nitrogens is 2. The monoisotopic (exact) mass is 329 g/mol. The van der Waals surface area contributed by atoms with E-state index < -0.39 is 0 Å². The minimum absolute atomic E-state index is 0.421. The Hall–Kier alpha value is -2.37. The van der Waals surface area contributed by atoms with E-state index in [9.17, 15) is 0 Å². The van der Waals surface area contributed by atoms with Gasteiger partial charge in [0, 0.05) is 12.1 Å². The van der Waals surface area contributed by atoms with Gasteiger partial charge >= 0.3 is 0 Å². The molecule has 3 aromatic rings. The van der Waals surface area contributed by atoms with Gasteiger partial charge < -0.3 is 14.5 Å². The zero-order valence-electron chi connectivity index (χ0n) is 12.6. The standard InChI is InChI=1S/C17H16ClN3O2/c1-22-15-9-5-2-6-12(15)10-19-11-16-20-21-17(23-16)13-7-3-4-8-14(13)18/h2-9,19H,10-11H2,1H3. The van der Waals surface area contributed by atoms with Crippen LogP contribution in [0, 0.1) is 0 Å². The first kappa shape index (κ1) is 15.5. The molecule has 0 atom stereocenters. The summed E-state index contributed by atoms with van der Waals surface area (Å²) in [7, 11) is 1.66. The zero-order chi connectivity index (χ0) is 16.1. The molecule has 0 saturated carbocycles. The van der Waals surface area contributed by atoms with Crippen LogP contribution in [0.3, 0.4) is 0 Å². The van der Waals surface area contributed by atoms with Crippen LogP contribution in [0.4, 0.5) is 0 Å². The van der Waals surface area contributed by atoms with Crippen LogP contribution in [-0.4, -0.2) is 17.3 Å². The van der Waals surface area contributed by atoms with E-state index in [1.54, 1.807) is 13.2 Å². The number of ether oxygens (including phenoxy) is 1. The maximum atomic E-state index is 6.13. The Morgan fingerprint density at radius 1 is 1.04 bits per heavy atom. The fourth-order valence-corrected chi connectivity index (χ4v) is 2.44. The molecule has 1 heterocycles. The first-order valence-corrected chi connectivity index (χ1v) is 7.55. The maximum Gasteiger partial charge on any atom is 0.249 e. The third kappa shape index (κ3) is 3.70. The van der Waals surface area contributed by atoms with Crippen molar-refractivity contribution in [3.05, 3.63) is 65.0 Å². The van der Waals surface area contributed by atoms with Crippen molar-refractivity contribution in [1.29, 1.82) is 0 Å². The van der Waals surface area contributed by atoms with Crippen molar-refractivity contribution in [3.63, 3.8) is 0 Å². The number of rotatable bonds is 6. The largest absolute Gasteiger partial charge is 0.496 e. The van der Waals surface area contributed by atoms with Gasteiger partial charge in [0.05, 0.1) is 24.2 Å². The minimum Gasteiger partial charge on any atom is -0.496 e. The summed E-state index contributed by atoms with van der Waals surface area (Å²) >= 11 is 6.13. The number of hydrogen-bond acceptors (Lipinski definition) is 5. The van der Waals surface area contributed by atoms with Crippen LogP contribution in [0.2, 0.25) is 5.02 Å². The van der Waals surface area contributed by atoms with E-state index in [-0.39, 0.29) is 0 Å². The van der Waals surface area contributed by atoms with Crippen molar-refractivity contribution in [1.82, 2.24) is 15.5 Å². The topological polar surface area (TPSA) is 60.2 Å². The van der Waals surface area contributed by atoms with Gasteiger partial charge in [-0.2, -0.15) is 0 Å². The summed E-state index contributed by atoms with van der Waals surface area (Å²) in [6.07, 6.45) is 0. The first-order valence-electron chi connectivity index (χ1n) is 7.18. The van der Waals surface area contributed by atoms with Crippen LogP contribution in [0.25, 0.3) is 11.5 Å². The van der Waals surface area contributed by atoms with Gasteiger partial charge in [-0.3, -0.25) is 0 Å². The summed E-state index contributed by atoms with van der Waals surface area (Å²) in [6, 6.07) is 15.2. The highest BCUT2D eigenvalue weighted by Gasteiger charge is 2.11. The molecule has 0 aliphatic heterocycles. The van der Waals surface area contributed by atoms with Crippen molar-refractivity contribution >= 4 is 11.6 Å². The average molecular weight is 330 g/mol. The summed E-state index contributed by atoms with van der Waals surface area (Å²) < 4.78 is 11.0. The van der Waals surface area contributed by atoms with E-state index in [1.807, 2.05) is 42.5 Å². The molecule has 0 radical (unpaired) electrons. The molecule has 0 aliphatic rings. The third-order valence-corrected chi connectivity index (χ3v) is 3.68. The lowest BCUT2D eigenvalue weighted by Crippen LogP contribution is -2.13. The Morgan fingerprint density at radius 3 is 2.65 bits per heavy atom. The van der Waals surface area contributed by atoms with Crippen molar-refractivity contribution in [2.75, 3.05) is 7.11 Å². The Morgan fingerprint density at radius 2 is 1.83 bits per heavy atom. The van der Waals surface area contributed by atoms with Gasteiger partial charge in [-0.15, -0.1) is 10.2 Å². The molecule has 1 N–H and O–H groups in total. The van der Waals surface area contributed by atoms with Gasteiger partial charge in [-0.25, -0.2) is 0 Å². The molecule has 0 fully saturated rings. The van der Waals surface area contributed by atoms with Gasteiger partial charge in [0.25, 0.3) is 0 Å². The summed E-state index contributed by atoms with van der Waals surface area (Å²) in [5.41, 5.74) is 1.80. The molecule has 0 amide bonds. The van der Waals surface area contributed by atoms with Crippen molar-refractivity contribution < 1.29 is 9.15 Å². The molecule has 0 bridgehead atoms. The molecule has 0 aliphatic carbocycles. The lowest BCUT2D eigenvalue weighted by molar-refractivity contribution is 0.406. The molecule has 118 valence electrons. The number of para-hydroxylation sites is 1. The van der Waals surface area contributed by atoms with Crippen LogP contribution in [0.5, 0.6) is 5.75 Å². The van der Waals surface area contributed by atoms with E-state index in [0.29, 0.717) is 29.9 Å². The Bertz CT molecular complexity index is 789. The minimum atomic E-state index is 0.421. The second kappa shape index (κ2) is 7.26. The van der Waals surface area contributed by atoms with Gasteiger partial charge in [-0.05, 0) is 18.2 Å². The normalized spacial score (nSPS) is 10.7. The molecule has 1 aromatic heterocycles. The maximum absolute atomic E-state index is 6.13. The molecule has 0 saturated heterocycles. The van der Waals surface area contributed by atoms with Gasteiger partial charge in [-0.1, -0.05) is 41.9 Å². The smallest absolute Gasteiger partial charge is 0.249 e.